The molecule has 1 N–H and O–H groups in total. The van der Waals surface area contributed by atoms with Gasteiger partial charge < -0.3 is 10.0 Å². The molecule has 1 amide bonds. The molecule has 0 spiro atoms. The Morgan fingerprint density at radius 1 is 1.21 bits per heavy atom. The topological polar surface area (TPSA) is 43.8 Å². The van der Waals surface area contributed by atoms with Gasteiger partial charge in [-0.15, -0.1) is 6.42 Å². The van der Waals surface area contributed by atoms with Crippen LogP contribution in [0.5, 0.6) is 5.75 Å². The number of phenols is 1. The first-order valence-corrected chi connectivity index (χ1v) is 10.8. The Morgan fingerprint density at radius 3 is 2.17 bits per heavy atom. The molecule has 0 aliphatic carbocycles. The van der Waals surface area contributed by atoms with E-state index < -0.39 is 0 Å². The van der Waals surface area contributed by atoms with Crippen LogP contribution in [-0.4, -0.2) is 47.5 Å². The van der Waals surface area contributed by atoms with Crippen molar-refractivity contribution in [3.63, 3.8) is 0 Å². The summed E-state index contributed by atoms with van der Waals surface area (Å²) in [4.78, 5) is 17.0. The van der Waals surface area contributed by atoms with Crippen LogP contribution in [0.3, 0.4) is 0 Å². The van der Waals surface area contributed by atoms with Gasteiger partial charge in [-0.1, -0.05) is 65.8 Å². The van der Waals surface area contributed by atoms with E-state index in [-0.39, 0.29) is 22.0 Å². The third-order valence-corrected chi connectivity index (χ3v) is 6.36. The van der Waals surface area contributed by atoms with E-state index in [0.717, 1.165) is 21.7 Å². The molecule has 1 heterocycles. The van der Waals surface area contributed by atoms with Gasteiger partial charge in [-0.25, -0.2) is 0 Å². The van der Waals surface area contributed by atoms with E-state index in [0.29, 0.717) is 25.4 Å². The van der Waals surface area contributed by atoms with Crippen molar-refractivity contribution in [1.29, 1.82) is 0 Å². The summed E-state index contributed by atoms with van der Waals surface area (Å²) >= 11 is 1.49. The van der Waals surface area contributed by atoms with Crippen molar-refractivity contribution in [2.75, 3.05) is 26.7 Å². The second-order valence-electron chi connectivity index (χ2n) is 9.79. The molecule has 2 rings (SSSR count). The van der Waals surface area contributed by atoms with Gasteiger partial charge in [0.15, 0.2) is 0 Å². The van der Waals surface area contributed by atoms with Gasteiger partial charge in [0.2, 0.25) is 5.91 Å². The molecule has 0 saturated carbocycles. The predicted octanol–water partition coefficient (Wildman–Crippen LogP) is 4.64. The molecular formula is C24H34N2O2S. The summed E-state index contributed by atoms with van der Waals surface area (Å²) in [6.45, 7) is 18.4. The molecule has 1 unspecified atom stereocenters. The third kappa shape index (κ3) is 5.18. The van der Waals surface area contributed by atoms with Gasteiger partial charge in [-0.05, 0) is 46.7 Å². The number of terminal acetylenes is 1. The Hall–Kier alpha value is -1.90. The zero-order valence-corrected chi connectivity index (χ0v) is 19.6. The van der Waals surface area contributed by atoms with Gasteiger partial charge in [0.05, 0.1) is 11.6 Å². The van der Waals surface area contributed by atoms with Crippen molar-refractivity contribution in [1.82, 2.24) is 9.80 Å². The van der Waals surface area contributed by atoms with Crippen LogP contribution < -0.4 is 0 Å². The molecule has 0 radical (unpaired) electrons. The Kier molecular flexibility index (Phi) is 6.82. The van der Waals surface area contributed by atoms with E-state index in [1.165, 1.54) is 11.8 Å². The van der Waals surface area contributed by atoms with Crippen LogP contribution in [0.4, 0.5) is 0 Å². The van der Waals surface area contributed by atoms with Crippen LogP contribution >= 0.6 is 11.8 Å². The van der Waals surface area contributed by atoms with Crippen LogP contribution in [0, 0.1) is 12.3 Å². The number of aromatic hydroxyl groups is 1. The molecule has 1 saturated heterocycles. The second-order valence-corrected chi connectivity index (χ2v) is 11.0. The Morgan fingerprint density at radius 2 is 1.72 bits per heavy atom. The van der Waals surface area contributed by atoms with Crippen molar-refractivity contribution in [3.8, 4) is 18.1 Å². The quantitative estimate of drug-likeness (QED) is 0.713. The first-order valence-electron chi connectivity index (χ1n) is 9.94. The summed E-state index contributed by atoms with van der Waals surface area (Å²) < 4.78 is 0. The first kappa shape index (κ1) is 23.4. The summed E-state index contributed by atoms with van der Waals surface area (Å²) in [5.41, 5.74) is 2.19. The standard InChI is InChI=1S/C24H34N2O2S/c1-10-11-25(9)12-13-26-16(2)29-21(22(26)28)17-14-18(23(3,4)5)20(27)19(15-17)24(6,7)8/h1,14-15,21,27H,2,11-13H2,3-9H3. The highest BCUT2D eigenvalue weighted by atomic mass is 32.2. The van der Waals surface area contributed by atoms with Gasteiger partial charge in [0.1, 0.15) is 11.0 Å². The van der Waals surface area contributed by atoms with Crippen LogP contribution in [0.2, 0.25) is 0 Å². The maximum atomic E-state index is 13.2. The van der Waals surface area contributed by atoms with Gasteiger partial charge in [-0.2, -0.15) is 0 Å². The van der Waals surface area contributed by atoms with Crippen molar-refractivity contribution in [3.05, 3.63) is 40.4 Å². The summed E-state index contributed by atoms with van der Waals surface area (Å²) in [5, 5.41) is 11.4. The molecule has 1 aliphatic rings. The van der Waals surface area contributed by atoms with Gasteiger partial charge >= 0.3 is 0 Å². The van der Waals surface area contributed by atoms with Crippen LogP contribution in [-0.2, 0) is 15.6 Å². The van der Waals surface area contributed by atoms with Gasteiger partial charge in [0, 0.05) is 13.1 Å². The average Bonchev–Trinajstić information content (AvgIpc) is 2.85. The van der Waals surface area contributed by atoms with Crippen molar-refractivity contribution in [2.45, 2.75) is 57.6 Å². The molecule has 158 valence electrons. The highest BCUT2D eigenvalue weighted by Gasteiger charge is 2.38. The first-order chi connectivity index (χ1) is 13.3. The van der Waals surface area contributed by atoms with E-state index in [9.17, 15) is 9.90 Å². The number of nitrogens with zero attached hydrogens (tertiary/aromatic N) is 2. The lowest BCUT2D eigenvalue weighted by molar-refractivity contribution is -0.127. The normalized spacial score (nSPS) is 17.9. The number of rotatable bonds is 5. The number of hydrogen-bond acceptors (Lipinski definition) is 4. The lowest BCUT2D eigenvalue weighted by atomic mass is 9.78. The second kappa shape index (κ2) is 8.45. The van der Waals surface area contributed by atoms with Crippen molar-refractivity contribution >= 4 is 17.7 Å². The monoisotopic (exact) mass is 414 g/mol. The molecule has 1 aromatic rings. The van der Waals surface area contributed by atoms with Crippen molar-refractivity contribution in [2.24, 2.45) is 0 Å². The fraction of sp³-hybridized carbons (Fsp3) is 0.542. The molecular weight excluding hydrogens is 380 g/mol. The van der Waals surface area contributed by atoms with E-state index >= 15 is 0 Å². The minimum Gasteiger partial charge on any atom is -0.507 e. The molecule has 0 aromatic heterocycles. The maximum absolute atomic E-state index is 13.2. The minimum atomic E-state index is -0.344. The zero-order valence-electron chi connectivity index (χ0n) is 18.8. The summed E-state index contributed by atoms with van der Waals surface area (Å²) in [5.74, 6) is 2.99. The number of likely N-dealkylation sites (N-methyl/N-ethyl adjacent to an activating group) is 1. The Labute approximate surface area is 180 Å². The molecule has 1 aliphatic heterocycles. The number of thioether (sulfide) groups is 1. The van der Waals surface area contributed by atoms with Crippen LogP contribution in [0.15, 0.2) is 23.7 Å². The lowest BCUT2D eigenvalue weighted by Crippen LogP contribution is -2.34. The zero-order chi connectivity index (χ0) is 22.1. The third-order valence-electron chi connectivity index (χ3n) is 5.16. The number of carbonyl (C=O) groups excluding carboxylic acids is 1. The summed E-state index contributed by atoms with van der Waals surface area (Å²) in [6, 6.07) is 3.97. The SMILES string of the molecule is C#CCN(C)CCN1C(=C)SC(c2cc(C(C)(C)C)c(O)c(C(C)(C)C)c2)C1=O. The highest BCUT2D eigenvalue weighted by Crippen LogP contribution is 2.48. The Bertz CT molecular complexity index is 805. The minimum absolute atomic E-state index is 0.0412. The lowest BCUT2D eigenvalue weighted by Gasteiger charge is -2.29. The van der Waals surface area contributed by atoms with E-state index in [4.69, 9.17) is 6.42 Å². The number of phenolic OH excluding ortho intramolecular Hbond substituents is 1. The number of hydrogen-bond donors (Lipinski definition) is 1. The molecule has 1 fully saturated rings. The summed E-state index contributed by atoms with van der Waals surface area (Å²) in [7, 11) is 1.94. The van der Waals surface area contributed by atoms with Crippen LogP contribution in [0.25, 0.3) is 0 Å². The summed E-state index contributed by atoms with van der Waals surface area (Å²) in [6.07, 6.45) is 5.36. The molecule has 29 heavy (non-hydrogen) atoms. The molecule has 5 heteroatoms. The highest BCUT2D eigenvalue weighted by molar-refractivity contribution is 8.04. The van der Waals surface area contributed by atoms with E-state index in [2.05, 4.69) is 54.0 Å². The number of amides is 1. The van der Waals surface area contributed by atoms with E-state index in [1.54, 1.807) is 4.90 Å². The predicted molar refractivity (Wildman–Crippen MR) is 123 cm³/mol. The van der Waals surface area contributed by atoms with Gasteiger partial charge in [-0.3, -0.25) is 9.69 Å². The van der Waals surface area contributed by atoms with E-state index in [1.807, 2.05) is 24.1 Å². The average molecular weight is 415 g/mol. The smallest absolute Gasteiger partial charge is 0.245 e. The maximum Gasteiger partial charge on any atom is 0.245 e. The van der Waals surface area contributed by atoms with Crippen molar-refractivity contribution < 1.29 is 9.90 Å². The number of carbonyl (C=O) groups is 1. The van der Waals surface area contributed by atoms with Crippen LogP contribution in [0.1, 0.15) is 63.5 Å². The Balaban J connectivity index is 2.40. The molecule has 0 bridgehead atoms. The fourth-order valence-corrected chi connectivity index (χ4v) is 4.50. The molecule has 1 aromatic carbocycles. The molecule has 4 nitrogen and oxygen atoms in total. The van der Waals surface area contributed by atoms with Gasteiger partial charge in [0.25, 0.3) is 0 Å². The number of benzene rings is 1. The fourth-order valence-electron chi connectivity index (χ4n) is 3.42. The molecule has 1 atom stereocenters. The largest absolute Gasteiger partial charge is 0.507 e.